The van der Waals surface area contributed by atoms with E-state index in [-0.39, 0.29) is 21.8 Å². The Kier molecular flexibility index (Phi) is 5.22. The highest BCUT2D eigenvalue weighted by Gasteiger charge is 2.15. The zero-order valence-corrected chi connectivity index (χ0v) is 14.7. The summed E-state index contributed by atoms with van der Waals surface area (Å²) in [6.07, 6.45) is 1.05. The highest BCUT2D eigenvalue weighted by molar-refractivity contribution is 7.90. The second kappa shape index (κ2) is 7.02. The van der Waals surface area contributed by atoms with Crippen LogP contribution in [-0.4, -0.2) is 26.5 Å². The van der Waals surface area contributed by atoms with Crippen LogP contribution in [-0.2, 0) is 14.6 Å². The molecule has 0 saturated heterocycles. The Balaban J connectivity index is 2.33. The second-order valence-electron chi connectivity index (χ2n) is 5.58. The van der Waals surface area contributed by atoms with Crippen LogP contribution in [0.5, 0.6) is 0 Å². The number of rotatable bonds is 4. The van der Waals surface area contributed by atoms with Gasteiger partial charge < -0.3 is 10.6 Å². The number of anilines is 2. The highest BCUT2D eigenvalue weighted by Crippen LogP contribution is 2.22. The minimum absolute atomic E-state index is 0.0290. The normalized spacial score (nSPS) is 11.0. The van der Waals surface area contributed by atoms with Crippen molar-refractivity contribution >= 4 is 33.0 Å². The molecule has 25 heavy (non-hydrogen) atoms. The van der Waals surface area contributed by atoms with E-state index in [1.165, 1.54) is 31.2 Å². The number of carbonyl (C=O) groups excluding carboxylic acids is 2. The third-order valence-electron chi connectivity index (χ3n) is 3.42. The zero-order chi connectivity index (χ0) is 18.8. The topological polar surface area (TPSA) is 92.3 Å². The van der Waals surface area contributed by atoms with Crippen molar-refractivity contribution in [3.8, 4) is 0 Å². The summed E-state index contributed by atoms with van der Waals surface area (Å²) in [7, 11) is -3.45. The number of benzene rings is 2. The van der Waals surface area contributed by atoms with Crippen molar-refractivity contribution < 1.29 is 22.4 Å². The van der Waals surface area contributed by atoms with Crippen LogP contribution in [0, 0.1) is 12.7 Å². The molecule has 0 aliphatic heterocycles. The van der Waals surface area contributed by atoms with Crippen LogP contribution in [0.4, 0.5) is 15.8 Å². The molecule has 0 unspecified atom stereocenters. The fourth-order valence-electron chi connectivity index (χ4n) is 2.16. The Morgan fingerprint density at radius 1 is 1.04 bits per heavy atom. The van der Waals surface area contributed by atoms with Gasteiger partial charge in [0.2, 0.25) is 5.91 Å². The molecule has 2 N–H and O–H groups in total. The van der Waals surface area contributed by atoms with E-state index in [0.717, 1.165) is 12.3 Å². The number of aryl methyl sites for hydroxylation is 1. The van der Waals surface area contributed by atoms with Gasteiger partial charge in [-0.15, -0.1) is 0 Å². The van der Waals surface area contributed by atoms with E-state index in [9.17, 15) is 22.4 Å². The Hall–Kier alpha value is -2.74. The smallest absolute Gasteiger partial charge is 0.255 e. The Morgan fingerprint density at radius 3 is 2.32 bits per heavy atom. The highest BCUT2D eigenvalue weighted by atomic mass is 32.2. The first-order valence-corrected chi connectivity index (χ1v) is 9.16. The molecular weight excluding hydrogens is 347 g/mol. The van der Waals surface area contributed by atoms with Gasteiger partial charge in [0.1, 0.15) is 5.82 Å². The summed E-state index contributed by atoms with van der Waals surface area (Å²) < 4.78 is 36.9. The van der Waals surface area contributed by atoms with Crippen LogP contribution in [0.1, 0.15) is 22.8 Å². The van der Waals surface area contributed by atoms with Gasteiger partial charge in [0.25, 0.3) is 5.91 Å². The molecule has 2 aromatic carbocycles. The largest absolute Gasteiger partial charge is 0.324 e. The molecule has 8 heteroatoms. The summed E-state index contributed by atoms with van der Waals surface area (Å²) in [6, 6.07) is 7.99. The third-order valence-corrected chi connectivity index (χ3v) is 4.53. The summed E-state index contributed by atoms with van der Waals surface area (Å²) in [5.74, 6) is -1.62. The van der Waals surface area contributed by atoms with E-state index >= 15 is 0 Å². The number of carbonyl (C=O) groups is 2. The van der Waals surface area contributed by atoms with Crippen LogP contribution in [0.2, 0.25) is 0 Å². The number of hydrogen-bond acceptors (Lipinski definition) is 4. The minimum atomic E-state index is -3.45. The molecule has 2 amide bonds. The van der Waals surface area contributed by atoms with E-state index in [1.54, 1.807) is 13.0 Å². The summed E-state index contributed by atoms with van der Waals surface area (Å²) in [5.41, 5.74) is 0.980. The summed E-state index contributed by atoms with van der Waals surface area (Å²) >= 11 is 0. The lowest BCUT2D eigenvalue weighted by Crippen LogP contribution is -2.15. The molecule has 0 aliphatic carbocycles. The predicted octanol–water partition coefficient (Wildman–Crippen LogP) is 2.75. The number of nitrogens with one attached hydrogen (secondary N) is 2. The zero-order valence-electron chi connectivity index (χ0n) is 13.9. The quantitative estimate of drug-likeness (QED) is 0.872. The van der Waals surface area contributed by atoms with E-state index < -0.39 is 27.5 Å². The molecule has 0 heterocycles. The van der Waals surface area contributed by atoms with Crippen LogP contribution in [0.15, 0.2) is 41.3 Å². The Labute approximate surface area is 145 Å². The van der Waals surface area contributed by atoms with Crippen LogP contribution in [0.25, 0.3) is 0 Å². The molecule has 0 spiro atoms. The average molecular weight is 364 g/mol. The second-order valence-corrected chi connectivity index (χ2v) is 7.59. The molecular formula is C17H17FN2O4S. The van der Waals surface area contributed by atoms with Gasteiger partial charge in [-0.1, -0.05) is 6.07 Å². The van der Waals surface area contributed by atoms with Crippen LogP contribution in [0.3, 0.4) is 0 Å². The van der Waals surface area contributed by atoms with E-state index in [1.807, 2.05) is 0 Å². The summed E-state index contributed by atoms with van der Waals surface area (Å²) in [5, 5.41) is 4.89. The SMILES string of the molecule is CC(=O)Nc1cc(NC(=O)c2cc(S(C)(=O)=O)ccc2C)ccc1F. The fraction of sp³-hybridized carbons (Fsp3) is 0.176. The molecule has 0 radical (unpaired) electrons. The minimum Gasteiger partial charge on any atom is -0.324 e. The molecule has 0 aliphatic rings. The van der Waals surface area contributed by atoms with Crippen LogP contribution < -0.4 is 10.6 Å². The van der Waals surface area contributed by atoms with Crippen molar-refractivity contribution in [1.82, 2.24) is 0 Å². The van der Waals surface area contributed by atoms with Gasteiger partial charge in [-0.2, -0.15) is 0 Å². The Bertz CT molecular complexity index is 955. The van der Waals surface area contributed by atoms with Gasteiger partial charge >= 0.3 is 0 Å². The van der Waals surface area contributed by atoms with Gasteiger partial charge in [-0.05, 0) is 42.8 Å². The van der Waals surface area contributed by atoms with Crippen molar-refractivity contribution in [3.63, 3.8) is 0 Å². The first kappa shape index (κ1) is 18.6. The van der Waals surface area contributed by atoms with Crippen molar-refractivity contribution in [2.24, 2.45) is 0 Å². The third kappa shape index (κ3) is 4.63. The predicted molar refractivity (Wildman–Crippen MR) is 92.9 cm³/mol. The molecule has 132 valence electrons. The van der Waals surface area contributed by atoms with Crippen molar-refractivity contribution in [2.75, 3.05) is 16.9 Å². The van der Waals surface area contributed by atoms with Crippen molar-refractivity contribution in [2.45, 2.75) is 18.7 Å². The number of amides is 2. The van der Waals surface area contributed by atoms with Gasteiger partial charge in [-0.25, -0.2) is 12.8 Å². The fourth-order valence-corrected chi connectivity index (χ4v) is 2.81. The molecule has 2 aromatic rings. The molecule has 0 atom stereocenters. The average Bonchev–Trinajstić information content (AvgIpc) is 2.49. The standard InChI is InChI=1S/C17H17FN2O4S/c1-10-4-6-13(25(3,23)24)9-14(10)17(22)20-12-5-7-15(18)16(8-12)19-11(2)21/h4-9H,1-3H3,(H,19,21)(H,20,22). The van der Waals surface area contributed by atoms with E-state index in [2.05, 4.69) is 10.6 Å². The molecule has 0 bridgehead atoms. The summed E-state index contributed by atoms with van der Waals surface area (Å²) in [4.78, 5) is 23.5. The van der Waals surface area contributed by atoms with E-state index in [0.29, 0.717) is 5.56 Å². The van der Waals surface area contributed by atoms with Gasteiger partial charge in [0, 0.05) is 24.4 Å². The maximum Gasteiger partial charge on any atom is 0.255 e. The van der Waals surface area contributed by atoms with Crippen molar-refractivity contribution in [3.05, 3.63) is 53.3 Å². The molecule has 0 saturated carbocycles. The number of hydrogen-bond donors (Lipinski definition) is 2. The number of sulfone groups is 1. The lowest BCUT2D eigenvalue weighted by atomic mass is 10.1. The van der Waals surface area contributed by atoms with Crippen LogP contribution >= 0.6 is 0 Å². The lowest BCUT2D eigenvalue weighted by Gasteiger charge is -2.11. The Morgan fingerprint density at radius 2 is 1.72 bits per heavy atom. The summed E-state index contributed by atoms with van der Waals surface area (Å²) in [6.45, 7) is 2.92. The number of halogens is 1. The lowest BCUT2D eigenvalue weighted by molar-refractivity contribution is -0.114. The van der Waals surface area contributed by atoms with Gasteiger partial charge in [0.15, 0.2) is 9.84 Å². The first-order chi connectivity index (χ1) is 11.6. The van der Waals surface area contributed by atoms with Gasteiger partial charge in [-0.3, -0.25) is 9.59 Å². The maximum absolute atomic E-state index is 13.6. The molecule has 0 aromatic heterocycles. The monoisotopic (exact) mass is 364 g/mol. The maximum atomic E-state index is 13.6. The molecule has 0 fully saturated rings. The first-order valence-electron chi connectivity index (χ1n) is 7.27. The van der Waals surface area contributed by atoms with E-state index in [4.69, 9.17) is 0 Å². The van der Waals surface area contributed by atoms with Gasteiger partial charge in [0.05, 0.1) is 10.6 Å². The van der Waals surface area contributed by atoms with Crippen molar-refractivity contribution in [1.29, 1.82) is 0 Å². The molecule has 6 nitrogen and oxygen atoms in total. The molecule has 2 rings (SSSR count).